The van der Waals surface area contributed by atoms with Crippen molar-refractivity contribution in [3.63, 3.8) is 0 Å². The number of aromatic nitrogens is 1. The van der Waals surface area contributed by atoms with E-state index in [0.717, 1.165) is 0 Å². The Morgan fingerprint density at radius 3 is 3.08 bits per heavy atom. The molecule has 4 nitrogen and oxygen atoms in total. The van der Waals surface area contributed by atoms with Gasteiger partial charge in [0.05, 0.1) is 11.5 Å². The fourth-order valence-electron chi connectivity index (χ4n) is 0.764. The minimum atomic E-state index is -0.574. The Balaban J connectivity index is 2.67. The predicted molar refractivity (Wildman–Crippen MR) is 54.9 cm³/mol. The number of rotatable bonds is 3. The number of thiol groups is 1. The number of anilines is 1. The molecule has 13 heavy (non-hydrogen) atoms. The van der Waals surface area contributed by atoms with Gasteiger partial charge in [0, 0.05) is 6.20 Å². The maximum absolute atomic E-state index is 11.2. The summed E-state index contributed by atoms with van der Waals surface area (Å²) in [7, 11) is 0. The van der Waals surface area contributed by atoms with Crippen molar-refractivity contribution in [3.05, 3.63) is 11.1 Å². The van der Waals surface area contributed by atoms with E-state index in [-0.39, 0.29) is 5.97 Å². The average Bonchev–Trinajstić information content (AvgIpc) is 2.51. The first kappa shape index (κ1) is 10.3. The van der Waals surface area contributed by atoms with E-state index in [1.54, 1.807) is 6.92 Å². The van der Waals surface area contributed by atoms with Crippen molar-refractivity contribution < 1.29 is 9.53 Å². The van der Waals surface area contributed by atoms with Crippen LogP contribution in [0.2, 0.25) is 0 Å². The number of ether oxygens (including phenoxy) is 1. The Bertz CT molecular complexity index is 300. The lowest BCUT2D eigenvalue weighted by Crippen LogP contribution is -2.09. The van der Waals surface area contributed by atoms with Crippen molar-refractivity contribution in [1.82, 2.24) is 4.98 Å². The quantitative estimate of drug-likeness (QED) is 0.592. The number of esters is 1. The normalized spacial score (nSPS) is 12.5. The average molecular weight is 218 g/mol. The van der Waals surface area contributed by atoms with Crippen LogP contribution in [0.4, 0.5) is 5.13 Å². The molecule has 0 aliphatic rings. The zero-order chi connectivity index (χ0) is 9.84. The zero-order valence-corrected chi connectivity index (χ0v) is 8.77. The van der Waals surface area contributed by atoms with Crippen LogP contribution < -0.4 is 5.73 Å². The van der Waals surface area contributed by atoms with Crippen LogP contribution in [0.5, 0.6) is 0 Å². The Hall–Kier alpha value is -0.750. The van der Waals surface area contributed by atoms with Crippen LogP contribution in [-0.4, -0.2) is 17.6 Å². The summed E-state index contributed by atoms with van der Waals surface area (Å²) < 4.78 is 4.79. The standard InChI is InChI=1S/C7H10N2O2S2/c1-2-11-6(10)5(12)4-3-9-7(8)13-4/h3,5,12H,2H2,1H3,(H2,8,9). The zero-order valence-electron chi connectivity index (χ0n) is 7.06. The van der Waals surface area contributed by atoms with Crippen molar-refractivity contribution in [2.45, 2.75) is 12.2 Å². The third kappa shape index (κ3) is 2.60. The fraction of sp³-hybridized carbons (Fsp3) is 0.429. The number of thiazole rings is 1. The molecule has 1 aromatic heterocycles. The summed E-state index contributed by atoms with van der Waals surface area (Å²) in [5.74, 6) is -0.366. The summed E-state index contributed by atoms with van der Waals surface area (Å²) in [4.78, 5) is 15.7. The van der Waals surface area contributed by atoms with Gasteiger partial charge in [0.15, 0.2) is 5.13 Å². The third-order valence-corrected chi connectivity index (χ3v) is 2.88. The van der Waals surface area contributed by atoms with Crippen LogP contribution in [0.25, 0.3) is 0 Å². The lowest BCUT2D eigenvalue weighted by molar-refractivity contribution is -0.142. The van der Waals surface area contributed by atoms with Gasteiger partial charge in [-0.1, -0.05) is 0 Å². The minimum Gasteiger partial charge on any atom is -0.465 e. The highest BCUT2D eigenvalue weighted by Gasteiger charge is 2.19. The Kier molecular flexibility index (Phi) is 3.56. The van der Waals surface area contributed by atoms with E-state index in [1.165, 1.54) is 17.5 Å². The minimum absolute atomic E-state index is 0.351. The number of carbonyl (C=O) groups is 1. The van der Waals surface area contributed by atoms with Crippen LogP contribution in [-0.2, 0) is 9.53 Å². The second-order valence-corrected chi connectivity index (χ2v) is 3.87. The molecule has 72 valence electrons. The molecule has 1 heterocycles. The van der Waals surface area contributed by atoms with E-state index in [2.05, 4.69) is 17.6 Å². The molecule has 1 aromatic rings. The van der Waals surface area contributed by atoms with Crippen LogP contribution in [0, 0.1) is 0 Å². The number of carbonyl (C=O) groups excluding carboxylic acids is 1. The SMILES string of the molecule is CCOC(=O)C(S)c1cnc(N)s1. The van der Waals surface area contributed by atoms with Crippen molar-refractivity contribution in [2.75, 3.05) is 12.3 Å². The molecule has 0 bridgehead atoms. The summed E-state index contributed by atoms with van der Waals surface area (Å²) >= 11 is 5.34. The van der Waals surface area contributed by atoms with Gasteiger partial charge in [-0.2, -0.15) is 12.6 Å². The summed E-state index contributed by atoms with van der Waals surface area (Å²) in [5.41, 5.74) is 5.41. The first-order chi connectivity index (χ1) is 6.15. The van der Waals surface area contributed by atoms with Crippen LogP contribution in [0.1, 0.15) is 17.1 Å². The second kappa shape index (κ2) is 4.48. The van der Waals surface area contributed by atoms with Crippen molar-refractivity contribution in [2.24, 2.45) is 0 Å². The molecule has 0 amide bonds. The number of hydrogen-bond donors (Lipinski definition) is 2. The molecule has 0 aliphatic heterocycles. The number of nitrogen functional groups attached to an aromatic ring is 1. The van der Waals surface area contributed by atoms with E-state index < -0.39 is 5.25 Å². The second-order valence-electron chi connectivity index (χ2n) is 2.26. The summed E-state index contributed by atoms with van der Waals surface area (Å²) in [6, 6.07) is 0. The van der Waals surface area contributed by atoms with Gasteiger partial charge >= 0.3 is 5.97 Å². The number of nitrogens with two attached hydrogens (primary N) is 1. The topological polar surface area (TPSA) is 65.2 Å². The molecule has 0 radical (unpaired) electrons. The molecule has 0 fully saturated rings. The van der Waals surface area contributed by atoms with Crippen molar-refractivity contribution in [3.8, 4) is 0 Å². The number of hydrogen-bond acceptors (Lipinski definition) is 6. The van der Waals surface area contributed by atoms with Gasteiger partial charge in [-0.15, -0.1) is 11.3 Å². The molecule has 0 saturated carbocycles. The monoisotopic (exact) mass is 218 g/mol. The van der Waals surface area contributed by atoms with Crippen LogP contribution >= 0.6 is 24.0 Å². The lowest BCUT2D eigenvalue weighted by atomic mass is 10.4. The molecule has 2 N–H and O–H groups in total. The van der Waals surface area contributed by atoms with Crippen molar-refractivity contribution >= 4 is 35.1 Å². The van der Waals surface area contributed by atoms with Gasteiger partial charge < -0.3 is 10.5 Å². The fourth-order valence-corrected chi connectivity index (χ4v) is 1.72. The van der Waals surface area contributed by atoms with Gasteiger partial charge in [-0.3, -0.25) is 4.79 Å². The van der Waals surface area contributed by atoms with E-state index in [4.69, 9.17) is 10.5 Å². The molecule has 0 saturated heterocycles. The molecule has 1 unspecified atom stereocenters. The van der Waals surface area contributed by atoms with Gasteiger partial charge in [0.25, 0.3) is 0 Å². The highest BCUT2D eigenvalue weighted by molar-refractivity contribution is 7.81. The lowest BCUT2D eigenvalue weighted by Gasteiger charge is -2.05. The summed E-state index contributed by atoms with van der Waals surface area (Å²) in [5, 5.41) is -0.145. The summed E-state index contributed by atoms with van der Waals surface area (Å²) in [6.07, 6.45) is 1.54. The predicted octanol–water partition coefficient (Wildman–Crippen LogP) is 1.26. The first-order valence-corrected chi connectivity index (χ1v) is 5.04. The van der Waals surface area contributed by atoms with E-state index in [0.29, 0.717) is 16.6 Å². The third-order valence-electron chi connectivity index (χ3n) is 1.32. The largest absolute Gasteiger partial charge is 0.465 e. The summed E-state index contributed by atoms with van der Waals surface area (Å²) in [6.45, 7) is 2.10. The Labute approximate surface area is 85.5 Å². The van der Waals surface area contributed by atoms with Gasteiger partial charge in [-0.25, -0.2) is 4.98 Å². The number of nitrogens with zero attached hydrogens (tertiary/aromatic N) is 1. The molecule has 0 aliphatic carbocycles. The molecule has 0 spiro atoms. The Morgan fingerprint density at radius 2 is 2.62 bits per heavy atom. The highest BCUT2D eigenvalue weighted by atomic mass is 32.1. The molecule has 1 rings (SSSR count). The van der Waals surface area contributed by atoms with Gasteiger partial charge in [0.1, 0.15) is 5.25 Å². The highest BCUT2D eigenvalue weighted by Crippen LogP contribution is 2.27. The van der Waals surface area contributed by atoms with Gasteiger partial charge in [0.2, 0.25) is 0 Å². The first-order valence-electron chi connectivity index (χ1n) is 3.71. The Morgan fingerprint density at radius 1 is 1.92 bits per heavy atom. The molecule has 1 atom stereocenters. The van der Waals surface area contributed by atoms with Gasteiger partial charge in [-0.05, 0) is 6.92 Å². The molecular formula is C7H10N2O2S2. The van der Waals surface area contributed by atoms with Crippen LogP contribution in [0.15, 0.2) is 6.20 Å². The smallest absolute Gasteiger partial charge is 0.324 e. The van der Waals surface area contributed by atoms with E-state index >= 15 is 0 Å². The maximum atomic E-state index is 11.2. The molecule has 0 aromatic carbocycles. The maximum Gasteiger partial charge on any atom is 0.324 e. The van der Waals surface area contributed by atoms with Crippen LogP contribution in [0.3, 0.4) is 0 Å². The molecular weight excluding hydrogens is 208 g/mol. The van der Waals surface area contributed by atoms with E-state index in [9.17, 15) is 4.79 Å². The molecule has 6 heteroatoms. The van der Waals surface area contributed by atoms with Crippen molar-refractivity contribution in [1.29, 1.82) is 0 Å². The van der Waals surface area contributed by atoms with E-state index in [1.807, 2.05) is 0 Å².